The number of aromatic nitrogens is 1. The van der Waals surface area contributed by atoms with E-state index < -0.39 is 0 Å². The van der Waals surface area contributed by atoms with Gasteiger partial charge in [-0.25, -0.2) is 4.90 Å². The van der Waals surface area contributed by atoms with Crippen molar-refractivity contribution in [3.8, 4) is 0 Å². The second-order valence-corrected chi connectivity index (χ2v) is 6.94. The molecule has 2 aromatic rings. The van der Waals surface area contributed by atoms with Crippen molar-refractivity contribution in [3.05, 3.63) is 41.6 Å². The van der Waals surface area contributed by atoms with Gasteiger partial charge >= 0.3 is 0 Å². The Morgan fingerprint density at radius 3 is 2.76 bits per heavy atom. The van der Waals surface area contributed by atoms with Crippen molar-refractivity contribution in [2.75, 3.05) is 7.05 Å². The van der Waals surface area contributed by atoms with Crippen molar-refractivity contribution in [3.63, 3.8) is 0 Å². The van der Waals surface area contributed by atoms with Crippen molar-refractivity contribution in [2.24, 2.45) is 0 Å². The van der Waals surface area contributed by atoms with Gasteiger partial charge < -0.3 is 0 Å². The Balaban J connectivity index is 2.08. The molecule has 0 bridgehead atoms. The van der Waals surface area contributed by atoms with E-state index in [4.69, 9.17) is 0 Å². The highest BCUT2D eigenvalue weighted by Gasteiger charge is 2.56. The molecule has 0 spiro atoms. The molecule has 4 rings (SSSR count). The number of hydrogen-bond acceptors (Lipinski definition) is 2. The second kappa shape index (κ2) is 3.85. The third-order valence-corrected chi connectivity index (χ3v) is 5.52. The topological polar surface area (TPSA) is 19.1 Å². The summed E-state index contributed by atoms with van der Waals surface area (Å²) < 4.78 is 2.42. The van der Waals surface area contributed by atoms with Gasteiger partial charge in [-0.05, 0) is 45.9 Å². The Morgan fingerprint density at radius 2 is 2.00 bits per heavy atom. The van der Waals surface area contributed by atoms with E-state index in [0.717, 1.165) is 5.52 Å². The van der Waals surface area contributed by atoms with E-state index in [0.29, 0.717) is 12.1 Å². The molecule has 2 unspecified atom stereocenters. The molecule has 0 saturated carbocycles. The molecule has 0 amide bonds. The minimum absolute atomic E-state index is 0.0349. The molecule has 2 atom stereocenters. The fourth-order valence-corrected chi connectivity index (χ4v) is 4.13. The number of benzene rings is 1. The van der Waals surface area contributed by atoms with Crippen molar-refractivity contribution in [1.82, 2.24) is 9.88 Å². The summed E-state index contributed by atoms with van der Waals surface area (Å²) in [6.07, 6.45) is 1.88. The van der Waals surface area contributed by atoms with Gasteiger partial charge in [0.25, 0.3) is 5.84 Å². The van der Waals surface area contributed by atoms with Crippen LogP contribution in [0.4, 0.5) is 0 Å². The van der Waals surface area contributed by atoms with E-state index in [1.165, 1.54) is 22.3 Å². The molecule has 3 heterocycles. The lowest BCUT2D eigenvalue weighted by Gasteiger charge is -2.29. The summed E-state index contributed by atoms with van der Waals surface area (Å²) in [7, 11) is 2.21. The predicted octanol–water partition coefficient (Wildman–Crippen LogP) is 2.97. The lowest BCUT2D eigenvalue weighted by Crippen LogP contribution is -2.44. The van der Waals surface area contributed by atoms with Gasteiger partial charge in [-0.3, -0.25) is 9.56 Å². The molecule has 21 heavy (non-hydrogen) atoms. The standard InChI is InChI=1S/C18H22N3/c1-11-12(2)21-17(20(11)5)14-10-16-13(7-6-8-19-16)9-15(14)18(21,3)4/h6-12H,1-5H3/q+1. The molecule has 3 nitrogen and oxygen atoms in total. The maximum atomic E-state index is 4.53. The smallest absolute Gasteiger partial charge is 0.257 e. The monoisotopic (exact) mass is 280 g/mol. The Hall–Kier alpha value is -1.90. The maximum absolute atomic E-state index is 4.53. The van der Waals surface area contributed by atoms with Crippen LogP contribution in [0.1, 0.15) is 38.8 Å². The summed E-state index contributed by atoms with van der Waals surface area (Å²) >= 11 is 0. The molecule has 0 N–H and O–H groups in total. The highest BCUT2D eigenvalue weighted by molar-refractivity contribution is 6.04. The molecular weight excluding hydrogens is 258 g/mol. The Labute approximate surface area is 125 Å². The summed E-state index contributed by atoms with van der Waals surface area (Å²) in [4.78, 5) is 7.12. The molecule has 0 radical (unpaired) electrons. The number of nitrogens with zero attached hydrogens (tertiary/aromatic N) is 3. The van der Waals surface area contributed by atoms with Crippen LogP contribution in [0.5, 0.6) is 0 Å². The van der Waals surface area contributed by atoms with E-state index in [1.54, 1.807) is 0 Å². The number of hydrogen-bond donors (Lipinski definition) is 0. The van der Waals surface area contributed by atoms with Crippen LogP contribution in [-0.4, -0.2) is 39.4 Å². The largest absolute Gasteiger partial charge is 0.280 e. The molecule has 108 valence electrons. The minimum atomic E-state index is 0.0349. The molecule has 2 aliphatic rings. The molecule has 1 aromatic carbocycles. The molecule has 0 aliphatic carbocycles. The van der Waals surface area contributed by atoms with Gasteiger partial charge in [0.2, 0.25) is 0 Å². The quantitative estimate of drug-likeness (QED) is 0.691. The van der Waals surface area contributed by atoms with Crippen molar-refractivity contribution in [1.29, 1.82) is 0 Å². The number of rotatable bonds is 0. The Bertz CT molecular complexity index is 788. The first-order chi connectivity index (χ1) is 9.93. The SMILES string of the molecule is CC1C(C)[N+](C)=C2c3cc4ncccc4cc3C(C)(C)N21. The first kappa shape index (κ1) is 12.8. The fourth-order valence-electron chi connectivity index (χ4n) is 4.13. The van der Waals surface area contributed by atoms with Crippen LogP contribution in [0, 0.1) is 0 Å². The maximum Gasteiger partial charge on any atom is 0.280 e. The molecule has 3 heteroatoms. The third kappa shape index (κ3) is 1.44. The van der Waals surface area contributed by atoms with Gasteiger partial charge in [-0.1, -0.05) is 6.07 Å². The van der Waals surface area contributed by atoms with Gasteiger partial charge in [-0.2, -0.15) is 0 Å². The summed E-state index contributed by atoms with van der Waals surface area (Å²) in [6, 6.07) is 9.82. The van der Waals surface area contributed by atoms with Crippen molar-refractivity contribution in [2.45, 2.75) is 45.3 Å². The molecule has 1 aromatic heterocycles. The van der Waals surface area contributed by atoms with E-state index in [2.05, 4.69) is 67.4 Å². The average molecular weight is 280 g/mol. The minimum Gasteiger partial charge on any atom is -0.257 e. The highest BCUT2D eigenvalue weighted by atomic mass is 15.4. The van der Waals surface area contributed by atoms with Crippen LogP contribution in [0.25, 0.3) is 10.9 Å². The molecule has 0 fully saturated rings. The van der Waals surface area contributed by atoms with Crippen molar-refractivity contribution < 1.29 is 4.58 Å². The van der Waals surface area contributed by atoms with E-state index in [-0.39, 0.29) is 5.54 Å². The summed E-state index contributed by atoms with van der Waals surface area (Å²) in [5.74, 6) is 1.36. The van der Waals surface area contributed by atoms with Gasteiger partial charge in [-0.15, -0.1) is 0 Å². The first-order valence-electron chi connectivity index (χ1n) is 7.71. The molecular formula is C18H22N3+. The van der Waals surface area contributed by atoms with Gasteiger partial charge in [0, 0.05) is 17.1 Å². The van der Waals surface area contributed by atoms with Crippen LogP contribution in [-0.2, 0) is 5.54 Å². The second-order valence-electron chi connectivity index (χ2n) is 6.94. The van der Waals surface area contributed by atoms with Crippen LogP contribution in [0.2, 0.25) is 0 Å². The van der Waals surface area contributed by atoms with Crippen LogP contribution in [0.3, 0.4) is 0 Å². The number of likely N-dealkylation sites (N-methyl/N-ethyl adjacent to an activating group) is 1. The summed E-state index contributed by atoms with van der Waals surface area (Å²) in [6.45, 7) is 9.32. The fraction of sp³-hybridized carbons (Fsp3) is 0.444. The number of pyridine rings is 1. The lowest BCUT2D eigenvalue weighted by molar-refractivity contribution is -0.526. The zero-order chi connectivity index (χ0) is 14.9. The number of amidine groups is 1. The van der Waals surface area contributed by atoms with Crippen LogP contribution >= 0.6 is 0 Å². The summed E-state index contributed by atoms with van der Waals surface area (Å²) in [5, 5.41) is 1.23. The first-order valence-corrected chi connectivity index (χ1v) is 7.71. The van der Waals surface area contributed by atoms with E-state index in [1.807, 2.05) is 12.3 Å². The molecule has 2 aliphatic heterocycles. The Kier molecular flexibility index (Phi) is 2.35. The van der Waals surface area contributed by atoms with Crippen molar-refractivity contribution >= 4 is 16.7 Å². The average Bonchev–Trinajstić information content (AvgIpc) is 2.83. The van der Waals surface area contributed by atoms with E-state index in [9.17, 15) is 0 Å². The highest BCUT2D eigenvalue weighted by Crippen LogP contribution is 2.44. The van der Waals surface area contributed by atoms with Gasteiger partial charge in [0.05, 0.1) is 18.1 Å². The van der Waals surface area contributed by atoms with Crippen LogP contribution in [0.15, 0.2) is 30.5 Å². The lowest BCUT2D eigenvalue weighted by atomic mass is 9.91. The van der Waals surface area contributed by atoms with Gasteiger partial charge in [0.1, 0.15) is 17.6 Å². The van der Waals surface area contributed by atoms with Gasteiger partial charge in [0.15, 0.2) is 0 Å². The van der Waals surface area contributed by atoms with E-state index >= 15 is 0 Å². The Morgan fingerprint density at radius 1 is 1.24 bits per heavy atom. The zero-order valence-electron chi connectivity index (χ0n) is 13.4. The third-order valence-electron chi connectivity index (χ3n) is 5.52. The zero-order valence-corrected chi connectivity index (χ0v) is 13.4. The number of fused-ring (bicyclic) bond motifs is 4. The molecule has 0 saturated heterocycles. The normalized spacial score (nSPS) is 26.4. The predicted molar refractivity (Wildman–Crippen MR) is 85.8 cm³/mol. The van der Waals surface area contributed by atoms with Crippen LogP contribution < -0.4 is 0 Å². The summed E-state index contributed by atoms with van der Waals surface area (Å²) in [5.41, 5.74) is 3.89.